The van der Waals surface area contributed by atoms with E-state index in [1.54, 1.807) is 0 Å². The number of rotatable bonds is 2. The minimum atomic E-state index is -2.53. The fraction of sp³-hybridized carbons (Fsp3) is 0.250. The first-order chi connectivity index (χ1) is 12.7. The molecule has 27 heavy (non-hydrogen) atoms. The van der Waals surface area contributed by atoms with Gasteiger partial charge in [-0.3, -0.25) is 0 Å². The van der Waals surface area contributed by atoms with Crippen LogP contribution in [0.25, 0.3) is 0 Å². The van der Waals surface area contributed by atoms with Crippen molar-refractivity contribution < 1.29 is 4.52 Å². The van der Waals surface area contributed by atoms with Gasteiger partial charge in [-0.25, -0.2) is 4.78 Å². The van der Waals surface area contributed by atoms with Crippen LogP contribution in [0.5, 0.6) is 5.75 Å². The maximum absolute atomic E-state index is 6.40. The van der Waals surface area contributed by atoms with Crippen LogP contribution in [0.4, 0.5) is 5.69 Å². The molecular weight excluding hydrogens is 441 g/mol. The van der Waals surface area contributed by atoms with E-state index in [0.29, 0.717) is 0 Å². The molecule has 0 aliphatic carbocycles. The van der Waals surface area contributed by atoms with Crippen LogP contribution in [0.1, 0.15) is 19.4 Å². The standard InChI is InChI=1S/C20H21BrN3OPS/c1-20(2)16-12-14(21)10-11-17(16)23(3)19(20)18-13-22-24(4)26(18,27)25-15-8-6-5-7-9-15/h5-13H,1-4H3/b19-18-/t26-/m0/s1. The average Bonchev–Trinajstić information content (AvgIpc) is 3.00. The second-order valence-corrected chi connectivity index (χ2v) is 11.9. The summed E-state index contributed by atoms with van der Waals surface area (Å²) < 4.78 is 9.29. The lowest BCUT2D eigenvalue weighted by atomic mass is 9.84. The molecule has 2 heterocycles. The van der Waals surface area contributed by atoms with E-state index >= 15 is 0 Å². The molecule has 2 aliphatic rings. The van der Waals surface area contributed by atoms with Gasteiger partial charge in [0.05, 0.1) is 11.5 Å². The van der Waals surface area contributed by atoms with Crippen LogP contribution in [0.15, 0.2) is 69.1 Å². The van der Waals surface area contributed by atoms with Gasteiger partial charge in [0.1, 0.15) is 5.75 Å². The summed E-state index contributed by atoms with van der Waals surface area (Å²) in [5.41, 5.74) is 3.41. The number of hydrogen-bond acceptors (Lipinski definition) is 4. The molecule has 2 aromatic carbocycles. The summed E-state index contributed by atoms with van der Waals surface area (Å²) in [6, 6.07) is 16.2. The number of para-hydroxylation sites is 1. The van der Waals surface area contributed by atoms with Gasteiger partial charge in [-0.1, -0.05) is 48.0 Å². The first-order valence-corrected chi connectivity index (χ1v) is 12.1. The van der Waals surface area contributed by atoms with E-state index in [-0.39, 0.29) is 5.41 Å². The van der Waals surface area contributed by atoms with E-state index < -0.39 is 6.42 Å². The van der Waals surface area contributed by atoms with Crippen LogP contribution in [0.3, 0.4) is 0 Å². The van der Waals surface area contributed by atoms with Gasteiger partial charge in [0.2, 0.25) is 0 Å². The Kier molecular flexibility index (Phi) is 4.49. The molecule has 0 bridgehead atoms. The monoisotopic (exact) mass is 461 g/mol. The molecule has 0 saturated carbocycles. The van der Waals surface area contributed by atoms with E-state index in [4.69, 9.17) is 16.3 Å². The largest absolute Gasteiger partial charge is 0.444 e. The van der Waals surface area contributed by atoms with Gasteiger partial charge in [0.25, 0.3) is 6.42 Å². The van der Waals surface area contributed by atoms with E-state index in [1.807, 2.05) is 48.4 Å². The number of likely N-dealkylation sites (N-methyl/N-ethyl adjacent to an activating group) is 1. The molecule has 0 amide bonds. The SMILES string of the molecule is CN1/C(=C2/C=NN(C)[P@]2(=S)Oc2ccccc2)C(C)(C)c2cc(Br)ccc21. The van der Waals surface area contributed by atoms with E-state index in [0.717, 1.165) is 21.2 Å². The number of halogens is 1. The van der Waals surface area contributed by atoms with Gasteiger partial charge in [-0.2, -0.15) is 5.10 Å². The van der Waals surface area contributed by atoms with Gasteiger partial charge in [-0.15, -0.1) is 0 Å². The van der Waals surface area contributed by atoms with Crippen molar-refractivity contribution >= 4 is 46.1 Å². The zero-order valence-electron chi connectivity index (χ0n) is 15.7. The van der Waals surface area contributed by atoms with Crippen LogP contribution in [0.2, 0.25) is 0 Å². The Hall–Kier alpha value is -1.62. The molecule has 0 unspecified atom stereocenters. The summed E-state index contributed by atoms with van der Waals surface area (Å²) >= 11 is 9.73. The molecule has 0 radical (unpaired) electrons. The number of hydrazone groups is 1. The fourth-order valence-corrected chi connectivity index (χ4v) is 6.99. The van der Waals surface area contributed by atoms with Crippen LogP contribution < -0.4 is 9.42 Å². The highest BCUT2D eigenvalue weighted by atomic mass is 79.9. The fourth-order valence-electron chi connectivity index (χ4n) is 3.82. The van der Waals surface area contributed by atoms with E-state index in [9.17, 15) is 0 Å². The van der Waals surface area contributed by atoms with Gasteiger partial charge in [0, 0.05) is 35.4 Å². The molecule has 0 N–H and O–H groups in total. The highest BCUT2D eigenvalue weighted by Crippen LogP contribution is 2.64. The number of anilines is 1. The zero-order chi connectivity index (χ0) is 19.4. The van der Waals surface area contributed by atoms with Gasteiger partial charge in [0.15, 0.2) is 0 Å². The summed E-state index contributed by atoms with van der Waals surface area (Å²) in [5, 5.41) is 5.53. The van der Waals surface area contributed by atoms with Gasteiger partial charge in [-0.05, 0) is 47.7 Å². The lowest BCUT2D eigenvalue weighted by Crippen LogP contribution is -2.26. The smallest absolute Gasteiger partial charge is 0.253 e. The third-order valence-corrected chi connectivity index (χ3v) is 9.44. The number of nitrogens with zero attached hydrogens (tertiary/aromatic N) is 3. The summed E-state index contributed by atoms with van der Waals surface area (Å²) in [4.78, 5) is 2.23. The Balaban J connectivity index is 1.88. The highest BCUT2D eigenvalue weighted by molar-refractivity contribution is 9.10. The Morgan fingerprint density at radius 2 is 1.81 bits per heavy atom. The van der Waals surface area contributed by atoms with Crippen molar-refractivity contribution in [3.8, 4) is 5.75 Å². The first kappa shape index (κ1) is 18.7. The maximum atomic E-state index is 6.40. The van der Waals surface area contributed by atoms with E-state index in [1.165, 1.54) is 11.3 Å². The molecule has 0 spiro atoms. The predicted octanol–water partition coefficient (Wildman–Crippen LogP) is 5.71. The molecule has 0 aromatic heterocycles. The number of allylic oxidation sites excluding steroid dienone is 2. The second-order valence-electron chi connectivity index (χ2n) is 7.24. The van der Waals surface area contributed by atoms with Crippen molar-refractivity contribution in [1.82, 2.24) is 4.78 Å². The topological polar surface area (TPSA) is 28.1 Å². The Bertz CT molecular complexity index is 1020. The maximum Gasteiger partial charge on any atom is 0.253 e. The van der Waals surface area contributed by atoms with E-state index in [2.05, 4.69) is 65.0 Å². The summed E-state index contributed by atoms with van der Waals surface area (Å²) in [6.07, 6.45) is -0.642. The summed E-state index contributed by atoms with van der Waals surface area (Å²) in [6.45, 7) is 4.47. The van der Waals surface area contributed by atoms with Crippen LogP contribution in [-0.2, 0) is 17.2 Å². The van der Waals surface area contributed by atoms with Crippen molar-refractivity contribution in [3.63, 3.8) is 0 Å². The third kappa shape index (κ3) is 2.86. The summed E-state index contributed by atoms with van der Waals surface area (Å²) in [5.74, 6) is 0.773. The average molecular weight is 462 g/mol. The van der Waals surface area contributed by atoms with Crippen molar-refractivity contribution in [1.29, 1.82) is 0 Å². The Morgan fingerprint density at radius 1 is 1.11 bits per heavy atom. The van der Waals surface area contributed by atoms with Crippen molar-refractivity contribution in [3.05, 3.63) is 69.6 Å². The molecule has 140 valence electrons. The molecule has 2 aromatic rings. The molecule has 0 fully saturated rings. The molecule has 7 heteroatoms. The lowest BCUT2D eigenvalue weighted by molar-refractivity contribution is 0.507. The van der Waals surface area contributed by atoms with Crippen molar-refractivity contribution in [2.45, 2.75) is 19.3 Å². The van der Waals surface area contributed by atoms with Gasteiger partial charge >= 0.3 is 0 Å². The van der Waals surface area contributed by atoms with Crippen LogP contribution in [0, 0.1) is 0 Å². The molecule has 0 saturated heterocycles. The van der Waals surface area contributed by atoms with Gasteiger partial charge < -0.3 is 9.42 Å². The number of hydrogen-bond donors (Lipinski definition) is 0. The second kappa shape index (κ2) is 6.47. The first-order valence-electron chi connectivity index (χ1n) is 8.67. The van der Waals surface area contributed by atoms with Crippen molar-refractivity contribution in [2.24, 2.45) is 5.10 Å². The number of fused-ring (bicyclic) bond motifs is 1. The highest BCUT2D eigenvalue weighted by Gasteiger charge is 2.46. The zero-order valence-corrected chi connectivity index (χ0v) is 19.0. The van der Waals surface area contributed by atoms with Crippen molar-refractivity contribution in [2.75, 3.05) is 19.0 Å². The Labute approximate surface area is 173 Å². The lowest BCUT2D eigenvalue weighted by Gasteiger charge is -2.31. The minimum Gasteiger partial charge on any atom is -0.444 e. The predicted molar refractivity (Wildman–Crippen MR) is 120 cm³/mol. The minimum absolute atomic E-state index is 0.204. The van der Waals surface area contributed by atoms with Crippen LogP contribution in [-0.4, -0.2) is 25.1 Å². The number of benzene rings is 2. The molecule has 2 aliphatic heterocycles. The molecule has 1 atom stereocenters. The van der Waals surface area contributed by atoms with Crippen LogP contribution >= 0.6 is 22.3 Å². The summed E-state index contributed by atoms with van der Waals surface area (Å²) in [7, 11) is 4.00. The third-order valence-electron chi connectivity index (χ3n) is 5.17. The molecule has 4 rings (SSSR count). The normalized spacial score (nSPS) is 25.8. The Morgan fingerprint density at radius 3 is 2.52 bits per heavy atom. The molecular formula is C20H21BrN3OPS. The quantitative estimate of drug-likeness (QED) is 0.535. The molecule has 4 nitrogen and oxygen atoms in total.